The molecule has 9 heteroatoms. The van der Waals surface area contributed by atoms with E-state index in [1.165, 1.54) is 23.7 Å². The Morgan fingerprint density at radius 1 is 1.15 bits per heavy atom. The Morgan fingerprint density at radius 3 is 2.77 bits per heavy atom. The molecule has 1 aliphatic rings. The molecule has 2 aromatic rings. The number of hydrogen-bond acceptors (Lipinski definition) is 6. The monoisotopic (exact) mass is 376 g/mol. The predicted octanol–water partition coefficient (Wildman–Crippen LogP) is 1.41. The number of rotatable bonds is 6. The summed E-state index contributed by atoms with van der Waals surface area (Å²) in [7, 11) is -3.75. The Morgan fingerprint density at radius 2 is 1.96 bits per heavy atom. The van der Waals surface area contributed by atoms with Crippen molar-refractivity contribution in [3.63, 3.8) is 0 Å². The maximum Gasteiger partial charge on any atom is 0.267 e. The van der Waals surface area contributed by atoms with E-state index in [1.807, 2.05) is 0 Å². The Kier molecular flexibility index (Phi) is 5.21. The van der Waals surface area contributed by atoms with E-state index in [-0.39, 0.29) is 18.2 Å². The maximum absolute atomic E-state index is 12.5. The van der Waals surface area contributed by atoms with Crippen molar-refractivity contribution in [2.45, 2.75) is 11.4 Å². The normalized spacial score (nSPS) is 13.1. The number of sulfonamides is 1. The Hall–Kier alpha value is -2.88. The summed E-state index contributed by atoms with van der Waals surface area (Å²) in [4.78, 5) is 11.1. The van der Waals surface area contributed by atoms with Crippen molar-refractivity contribution in [3.05, 3.63) is 59.7 Å². The quantitative estimate of drug-likeness (QED) is 0.399. The summed E-state index contributed by atoms with van der Waals surface area (Å²) in [6.45, 7) is 0.241. The van der Waals surface area contributed by atoms with Crippen LogP contribution in [0.1, 0.15) is 11.1 Å². The molecular weight excluding hydrogens is 360 g/mol. The summed E-state index contributed by atoms with van der Waals surface area (Å²) in [5.41, 5.74) is 2.69. The lowest BCUT2D eigenvalue weighted by molar-refractivity contribution is -0.124. The lowest BCUT2D eigenvalue weighted by atomic mass is 10.2. The van der Waals surface area contributed by atoms with Crippen LogP contribution in [-0.4, -0.2) is 26.3 Å². The molecule has 26 heavy (non-hydrogen) atoms. The summed E-state index contributed by atoms with van der Waals surface area (Å²) in [6, 6.07) is 11.3. The van der Waals surface area contributed by atoms with Gasteiger partial charge in [-0.1, -0.05) is 18.2 Å². The molecule has 0 aromatic heterocycles. The number of fused-ring (bicyclic) bond motifs is 1. The highest BCUT2D eigenvalue weighted by molar-refractivity contribution is 7.89. The Labute approximate surface area is 150 Å². The first kappa shape index (κ1) is 17.9. The van der Waals surface area contributed by atoms with Crippen LogP contribution < -0.4 is 19.7 Å². The molecule has 1 heterocycles. The van der Waals surface area contributed by atoms with E-state index in [4.69, 9.17) is 14.7 Å². The zero-order valence-corrected chi connectivity index (χ0v) is 14.3. The van der Waals surface area contributed by atoms with Crippen LogP contribution in [0.2, 0.25) is 0 Å². The van der Waals surface area contributed by atoms with Crippen LogP contribution in [0.25, 0.3) is 6.08 Å². The van der Waals surface area contributed by atoms with E-state index in [2.05, 4.69) is 4.72 Å². The lowest BCUT2D eigenvalue weighted by Gasteiger charge is -2.08. The van der Waals surface area contributed by atoms with Gasteiger partial charge in [-0.3, -0.25) is 10.0 Å². The van der Waals surface area contributed by atoms with E-state index >= 15 is 0 Å². The molecule has 0 spiro atoms. The first-order chi connectivity index (χ1) is 12.5. The average molecular weight is 376 g/mol. The van der Waals surface area contributed by atoms with Crippen LogP contribution in [0.15, 0.2) is 53.4 Å². The molecule has 0 bridgehead atoms. The molecule has 8 nitrogen and oxygen atoms in total. The second-order valence-corrected chi connectivity index (χ2v) is 7.16. The molecule has 0 fully saturated rings. The zero-order chi connectivity index (χ0) is 18.6. The van der Waals surface area contributed by atoms with Crippen molar-refractivity contribution >= 4 is 22.0 Å². The fourth-order valence-corrected chi connectivity index (χ4v) is 3.38. The highest BCUT2D eigenvalue weighted by Gasteiger charge is 2.16. The standard InChI is InChI=1S/C17H16N2O6S/c20-17(19-21)7-5-12-2-1-3-14(8-12)26(22,23)18-10-13-4-6-15-16(9-13)25-11-24-15/h1-9,18,21H,10-11H2,(H,19,20)/b7-5+. The van der Waals surface area contributed by atoms with Gasteiger partial charge in [0.1, 0.15) is 0 Å². The van der Waals surface area contributed by atoms with Crippen LogP contribution in [-0.2, 0) is 21.4 Å². The minimum Gasteiger partial charge on any atom is -0.454 e. The molecule has 0 radical (unpaired) electrons. The third kappa shape index (κ3) is 4.20. The van der Waals surface area contributed by atoms with Crippen molar-refractivity contribution in [3.8, 4) is 11.5 Å². The molecule has 3 N–H and O–H groups in total. The fraction of sp³-hybridized carbons (Fsp3) is 0.118. The summed E-state index contributed by atoms with van der Waals surface area (Å²) in [5, 5.41) is 8.46. The number of hydroxylamine groups is 1. The first-order valence-electron chi connectivity index (χ1n) is 7.58. The lowest BCUT2D eigenvalue weighted by Crippen LogP contribution is -2.23. The fourth-order valence-electron chi connectivity index (χ4n) is 2.31. The summed E-state index contributed by atoms with van der Waals surface area (Å²) in [5.74, 6) is 0.498. The van der Waals surface area contributed by atoms with Gasteiger partial charge in [-0.2, -0.15) is 0 Å². The Balaban J connectivity index is 1.72. The molecule has 0 unspecified atom stereocenters. The van der Waals surface area contributed by atoms with Gasteiger partial charge in [0.15, 0.2) is 11.5 Å². The highest BCUT2D eigenvalue weighted by atomic mass is 32.2. The van der Waals surface area contributed by atoms with Gasteiger partial charge < -0.3 is 9.47 Å². The first-order valence-corrected chi connectivity index (χ1v) is 9.07. The number of carbonyl (C=O) groups is 1. The number of benzene rings is 2. The van der Waals surface area contributed by atoms with Crippen molar-refractivity contribution < 1.29 is 27.9 Å². The van der Waals surface area contributed by atoms with Crippen LogP contribution in [0.3, 0.4) is 0 Å². The van der Waals surface area contributed by atoms with Crippen molar-refractivity contribution in [1.29, 1.82) is 0 Å². The van der Waals surface area contributed by atoms with Gasteiger partial charge in [0.2, 0.25) is 16.8 Å². The molecule has 0 atom stereocenters. The smallest absolute Gasteiger partial charge is 0.267 e. The van der Waals surface area contributed by atoms with Crippen LogP contribution in [0.5, 0.6) is 11.5 Å². The van der Waals surface area contributed by atoms with Gasteiger partial charge in [0, 0.05) is 12.6 Å². The number of amides is 1. The second kappa shape index (κ2) is 7.56. The molecule has 136 valence electrons. The molecule has 1 amide bonds. The largest absolute Gasteiger partial charge is 0.454 e. The highest BCUT2D eigenvalue weighted by Crippen LogP contribution is 2.32. The van der Waals surface area contributed by atoms with Crippen LogP contribution >= 0.6 is 0 Å². The minimum absolute atomic E-state index is 0.0600. The van der Waals surface area contributed by atoms with Gasteiger partial charge in [-0.15, -0.1) is 0 Å². The molecule has 0 aliphatic carbocycles. The predicted molar refractivity (Wildman–Crippen MR) is 92.0 cm³/mol. The van der Waals surface area contributed by atoms with Crippen molar-refractivity contribution in [2.75, 3.05) is 6.79 Å². The molecular formula is C17H16N2O6S. The topological polar surface area (TPSA) is 114 Å². The molecule has 1 aliphatic heterocycles. The van der Waals surface area contributed by atoms with Crippen molar-refractivity contribution in [1.82, 2.24) is 10.2 Å². The average Bonchev–Trinajstić information content (AvgIpc) is 3.12. The number of carbonyl (C=O) groups excluding carboxylic acids is 1. The van der Waals surface area contributed by atoms with Crippen LogP contribution in [0.4, 0.5) is 0 Å². The SMILES string of the molecule is O=C(/C=C/c1cccc(S(=O)(=O)NCc2ccc3c(c2)OCO3)c1)NO. The summed E-state index contributed by atoms with van der Waals surface area (Å²) in [6.07, 6.45) is 2.48. The summed E-state index contributed by atoms with van der Waals surface area (Å²) >= 11 is 0. The second-order valence-electron chi connectivity index (χ2n) is 5.39. The van der Waals surface area contributed by atoms with Gasteiger partial charge in [0.05, 0.1) is 4.90 Å². The van der Waals surface area contributed by atoms with Gasteiger partial charge in [-0.25, -0.2) is 18.6 Å². The molecule has 0 saturated heterocycles. The van der Waals surface area contributed by atoms with E-state index in [1.54, 1.807) is 30.3 Å². The number of ether oxygens (including phenoxy) is 2. The van der Waals surface area contributed by atoms with Gasteiger partial charge in [-0.05, 0) is 41.5 Å². The maximum atomic E-state index is 12.5. The Bertz CT molecular complexity index is 955. The molecule has 0 saturated carbocycles. The third-order valence-corrected chi connectivity index (χ3v) is 5.01. The number of hydrogen-bond donors (Lipinski definition) is 3. The third-order valence-electron chi connectivity index (χ3n) is 3.61. The van der Waals surface area contributed by atoms with Gasteiger partial charge in [0.25, 0.3) is 5.91 Å². The minimum atomic E-state index is -3.75. The van der Waals surface area contributed by atoms with Gasteiger partial charge >= 0.3 is 0 Å². The number of nitrogens with one attached hydrogen (secondary N) is 2. The zero-order valence-electron chi connectivity index (χ0n) is 13.5. The van der Waals surface area contributed by atoms with Crippen molar-refractivity contribution in [2.24, 2.45) is 0 Å². The van der Waals surface area contributed by atoms with Crippen LogP contribution in [0, 0.1) is 0 Å². The molecule has 3 rings (SSSR count). The molecule has 2 aromatic carbocycles. The van der Waals surface area contributed by atoms with E-state index in [9.17, 15) is 13.2 Å². The van der Waals surface area contributed by atoms with E-state index < -0.39 is 15.9 Å². The van der Waals surface area contributed by atoms with E-state index in [0.29, 0.717) is 17.1 Å². The van der Waals surface area contributed by atoms with E-state index in [0.717, 1.165) is 11.6 Å². The summed E-state index contributed by atoms with van der Waals surface area (Å²) < 4.78 is 38.0.